The lowest BCUT2D eigenvalue weighted by atomic mass is 10.1. The zero-order chi connectivity index (χ0) is 14.7. The first-order chi connectivity index (χ1) is 9.52. The number of nitro benzene ring substituents is 1. The molecule has 0 heterocycles. The van der Waals surface area contributed by atoms with Gasteiger partial charge in [-0.3, -0.25) is 10.1 Å². The lowest BCUT2D eigenvalue weighted by Crippen LogP contribution is -1.95. The molecule has 2 rings (SSSR count). The molecule has 2 aromatic carbocycles. The van der Waals surface area contributed by atoms with E-state index in [0.717, 1.165) is 11.1 Å². The van der Waals surface area contributed by atoms with E-state index < -0.39 is 4.92 Å². The number of para-hydroxylation sites is 1. The van der Waals surface area contributed by atoms with E-state index in [1.807, 2.05) is 13.0 Å². The molecule has 5 nitrogen and oxygen atoms in total. The van der Waals surface area contributed by atoms with Gasteiger partial charge >= 0.3 is 0 Å². The van der Waals surface area contributed by atoms with Crippen LogP contribution in [0.5, 0.6) is 11.5 Å². The Morgan fingerprint density at radius 1 is 1.20 bits per heavy atom. The maximum absolute atomic E-state index is 10.8. The Morgan fingerprint density at radius 3 is 2.60 bits per heavy atom. The summed E-state index contributed by atoms with van der Waals surface area (Å²) in [7, 11) is 0. The van der Waals surface area contributed by atoms with Crippen molar-refractivity contribution in [2.45, 2.75) is 13.8 Å². The first kappa shape index (κ1) is 13.6. The molecule has 0 aliphatic heterocycles. The molecule has 0 aliphatic carbocycles. The summed E-state index contributed by atoms with van der Waals surface area (Å²) >= 11 is 0. The van der Waals surface area contributed by atoms with E-state index in [1.165, 1.54) is 12.1 Å². The predicted octanol–water partition coefficient (Wildman–Crippen LogP) is 3.88. The normalized spacial score (nSPS) is 9.85. The fourth-order valence-corrected chi connectivity index (χ4v) is 1.80. The van der Waals surface area contributed by atoms with Crippen LogP contribution < -0.4 is 4.74 Å². The summed E-state index contributed by atoms with van der Waals surface area (Å²) in [6.45, 7) is 3.62. The van der Waals surface area contributed by atoms with E-state index in [-0.39, 0.29) is 5.69 Å². The summed E-state index contributed by atoms with van der Waals surface area (Å²) in [6.07, 6.45) is 0. The highest BCUT2D eigenvalue weighted by molar-refractivity contribution is 5.52. The van der Waals surface area contributed by atoms with Crippen molar-refractivity contribution in [1.29, 1.82) is 5.26 Å². The number of nitro groups is 1. The third-order valence-corrected chi connectivity index (χ3v) is 2.93. The van der Waals surface area contributed by atoms with E-state index in [1.54, 1.807) is 25.1 Å². The Bertz CT molecular complexity index is 718. The summed E-state index contributed by atoms with van der Waals surface area (Å²) in [5.41, 5.74) is 1.92. The van der Waals surface area contributed by atoms with Crippen LogP contribution in [0.25, 0.3) is 0 Å². The van der Waals surface area contributed by atoms with Gasteiger partial charge in [0.25, 0.3) is 5.69 Å². The van der Waals surface area contributed by atoms with E-state index in [0.29, 0.717) is 17.1 Å². The summed E-state index contributed by atoms with van der Waals surface area (Å²) < 4.78 is 5.73. The van der Waals surface area contributed by atoms with Gasteiger partial charge in [-0.1, -0.05) is 12.1 Å². The van der Waals surface area contributed by atoms with Crippen LogP contribution in [0, 0.1) is 35.3 Å². The Kier molecular flexibility index (Phi) is 3.67. The van der Waals surface area contributed by atoms with Crippen molar-refractivity contribution in [2.24, 2.45) is 0 Å². The standard InChI is InChI=1S/C15H12N2O3/c1-10-6-7-13(17(18)19)8-14(10)20-15-11(2)4-3-5-12(15)9-16/h3-8H,1-2H3. The van der Waals surface area contributed by atoms with Crippen molar-refractivity contribution >= 4 is 5.69 Å². The molecule has 0 aromatic heterocycles. The second kappa shape index (κ2) is 5.41. The lowest BCUT2D eigenvalue weighted by molar-refractivity contribution is -0.384. The third-order valence-electron chi connectivity index (χ3n) is 2.93. The van der Waals surface area contributed by atoms with Crippen molar-refractivity contribution in [1.82, 2.24) is 0 Å². The number of aryl methyl sites for hydroxylation is 2. The molecule has 20 heavy (non-hydrogen) atoms. The number of rotatable bonds is 3. The maximum Gasteiger partial charge on any atom is 0.273 e. The molecule has 0 N–H and O–H groups in total. The number of nitriles is 1. The zero-order valence-corrected chi connectivity index (χ0v) is 11.1. The second-order valence-corrected chi connectivity index (χ2v) is 4.37. The van der Waals surface area contributed by atoms with Crippen LogP contribution >= 0.6 is 0 Å². The van der Waals surface area contributed by atoms with Gasteiger partial charge in [0.15, 0.2) is 0 Å². The monoisotopic (exact) mass is 268 g/mol. The first-order valence-corrected chi connectivity index (χ1v) is 5.95. The second-order valence-electron chi connectivity index (χ2n) is 4.37. The number of hydrogen-bond donors (Lipinski definition) is 0. The van der Waals surface area contributed by atoms with Gasteiger partial charge in [0.1, 0.15) is 17.6 Å². The number of ether oxygens (including phenoxy) is 1. The van der Waals surface area contributed by atoms with Gasteiger partial charge in [0.05, 0.1) is 16.6 Å². The molecule has 0 radical (unpaired) electrons. The fourth-order valence-electron chi connectivity index (χ4n) is 1.80. The van der Waals surface area contributed by atoms with Crippen molar-refractivity contribution < 1.29 is 9.66 Å². The SMILES string of the molecule is Cc1ccc([N+](=O)[O-])cc1Oc1c(C)cccc1C#N. The average Bonchev–Trinajstić information content (AvgIpc) is 2.42. The average molecular weight is 268 g/mol. The maximum atomic E-state index is 10.8. The predicted molar refractivity (Wildman–Crippen MR) is 73.8 cm³/mol. The Balaban J connectivity index is 2.48. The molecule has 0 atom stereocenters. The van der Waals surface area contributed by atoms with Crippen LogP contribution in [0.15, 0.2) is 36.4 Å². The highest BCUT2D eigenvalue weighted by Crippen LogP contribution is 2.32. The van der Waals surface area contributed by atoms with Gasteiger partial charge in [0.2, 0.25) is 0 Å². The molecule has 0 amide bonds. The third kappa shape index (κ3) is 2.59. The van der Waals surface area contributed by atoms with Gasteiger partial charge in [0, 0.05) is 6.07 Å². The highest BCUT2D eigenvalue weighted by atomic mass is 16.6. The molecule has 2 aromatic rings. The number of benzene rings is 2. The number of nitrogens with zero attached hydrogens (tertiary/aromatic N) is 2. The van der Waals surface area contributed by atoms with Crippen LogP contribution in [-0.2, 0) is 0 Å². The topological polar surface area (TPSA) is 76.2 Å². The Labute approximate surface area is 116 Å². The molecular weight excluding hydrogens is 256 g/mol. The first-order valence-electron chi connectivity index (χ1n) is 5.95. The van der Waals surface area contributed by atoms with Crippen molar-refractivity contribution in [3.63, 3.8) is 0 Å². The number of non-ortho nitro benzene ring substituents is 1. The minimum absolute atomic E-state index is 0.0438. The van der Waals surface area contributed by atoms with Crippen molar-refractivity contribution in [3.05, 3.63) is 63.2 Å². The molecular formula is C15H12N2O3. The van der Waals surface area contributed by atoms with E-state index >= 15 is 0 Å². The van der Waals surface area contributed by atoms with E-state index in [9.17, 15) is 10.1 Å². The minimum Gasteiger partial charge on any atom is -0.455 e. The Hall–Kier alpha value is -2.87. The van der Waals surface area contributed by atoms with Gasteiger partial charge < -0.3 is 4.74 Å². The summed E-state index contributed by atoms with van der Waals surface area (Å²) in [6, 6.07) is 11.7. The lowest BCUT2D eigenvalue weighted by Gasteiger charge is -2.12. The summed E-state index contributed by atoms with van der Waals surface area (Å²) in [4.78, 5) is 10.3. The van der Waals surface area contributed by atoms with Gasteiger partial charge in [-0.15, -0.1) is 0 Å². The van der Waals surface area contributed by atoms with Crippen LogP contribution in [-0.4, -0.2) is 4.92 Å². The molecule has 0 saturated heterocycles. The van der Waals surface area contributed by atoms with Crippen molar-refractivity contribution in [2.75, 3.05) is 0 Å². The van der Waals surface area contributed by atoms with Crippen LogP contribution in [0.1, 0.15) is 16.7 Å². The molecule has 100 valence electrons. The molecule has 0 saturated carbocycles. The summed E-state index contributed by atoms with van der Waals surface area (Å²) in [5.74, 6) is 0.809. The molecule has 0 fully saturated rings. The van der Waals surface area contributed by atoms with Crippen molar-refractivity contribution in [3.8, 4) is 17.6 Å². The van der Waals surface area contributed by atoms with Gasteiger partial charge in [-0.25, -0.2) is 0 Å². The molecule has 0 bridgehead atoms. The van der Waals surface area contributed by atoms with E-state index in [2.05, 4.69) is 6.07 Å². The minimum atomic E-state index is -0.477. The number of hydrogen-bond acceptors (Lipinski definition) is 4. The molecule has 5 heteroatoms. The molecule has 0 aliphatic rings. The molecule has 0 spiro atoms. The Morgan fingerprint density at radius 2 is 1.95 bits per heavy atom. The smallest absolute Gasteiger partial charge is 0.273 e. The largest absolute Gasteiger partial charge is 0.455 e. The zero-order valence-electron chi connectivity index (χ0n) is 11.1. The van der Waals surface area contributed by atoms with E-state index in [4.69, 9.17) is 10.00 Å². The van der Waals surface area contributed by atoms with Crippen LogP contribution in [0.2, 0.25) is 0 Å². The van der Waals surface area contributed by atoms with Crippen LogP contribution in [0.4, 0.5) is 5.69 Å². The summed E-state index contributed by atoms with van der Waals surface area (Å²) in [5, 5.41) is 19.9. The molecule has 0 unspecified atom stereocenters. The highest BCUT2D eigenvalue weighted by Gasteiger charge is 2.13. The quantitative estimate of drug-likeness (QED) is 0.625. The fraction of sp³-hybridized carbons (Fsp3) is 0.133. The van der Waals surface area contributed by atoms with Crippen LogP contribution in [0.3, 0.4) is 0 Å². The van der Waals surface area contributed by atoms with Gasteiger partial charge in [-0.2, -0.15) is 5.26 Å². The van der Waals surface area contributed by atoms with Gasteiger partial charge in [-0.05, 0) is 37.1 Å².